The number of hydrogen-bond donors (Lipinski definition) is 0. The Balaban J connectivity index is 0.000000182. The third-order valence-corrected chi connectivity index (χ3v) is 11.0. The van der Waals surface area contributed by atoms with E-state index in [2.05, 4.69) is 41.5 Å². The van der Waals surface area contributed by atoms with E-state index in [0.717, 1.165) is 59.2 Å². The summed E-state index contributed by atoms with van der Waals surface area (Å²) in [6, 6.07) is 0. The van der Waals surface area contributed by atoms with Crippen LogP contribution in [0.4, 0.5) is 0 Å². The van der Waals surface area contributed by atoms with Crippen LogP contribution in [0.2, 0.25) is 0 Å². The van der Waals surface area contributed by atoms with Crippen molar-refractivity contribution in [3.8, 4) is 0 Å². The van der Waals surface area contributed by atoms with Crippen molar-refractivity contribution in [3.63, 3.8) is 0 Å². The molecule has 4 saturated carbocycles. The van der Waals surface area contributed by atoms with E-state index in [0.29, 0.717) is 0 Å². The second kappa shape index (κ2) is 13.2. The largest absolute Gasteiger partial charge is 0.0625 e. The molecule has 4 rings (SSSR count). The maximum Gasteiger partial charge on any atom is -0.0409 e. The fraction of sp³-hybridized carbons (Fsp3) is 1.00. The van der Waals surface area contributed by atoms with Gasteiger partial charge in [-0.05, 0) is 84.9 Å². The van der Waals surface area contributed by atoms with E-state index in [9.17, 15) is 0 Å². The van der Waals surface area contributed by atoms with E-state index in [1.165, 1.54) is 89.9 Å². The zero-order valence-corrected chi connectivity index (χ0v) is 23.1. The Morgan fingerprint density at radius 1 is 0.344 bits per heavy atom. The summed E-state index contributed by atoms with van der Waals surface area (Å²) in [6.07, 6.45) is 24.3. The van der Waals surface area contributed by atoms with Gasteiger partial charge in [0.1, 0.15) is 0 Å². The fourth-order valence-corrected chi connectivity index (χ4v) is 7.82. The van der Waals surface area contributed by atoms with Gasteiger partial charge in [-0.1, -0.05) is 119 Å². The third kappa shape index (κ3) is 8.65. The summed E-state index contributed by atoms with van der Waals surface area (Å²) < 4.78 is 0. The highest BCUT2D eigenvalue weighted by Crippen LogP contribution is 2.42. The monoisotopic (exact) mass is 444 g/mol. The quantitative estimate of drug-likeness (QED) is 0.404. The van der Waals surface area contributed by atoms with Gasteiger partial charge in [-0.3, -0.25) is 0 Å². The molecule has 0 nitrogen and oxygen atoms in total. The summed E-state index contributed by atoms with van der Waals surface area (Å²) in [5, 5.41) is 0. The second-order valence-corrected chi connectivity index (χ2v) is 14.0. The Morgan fingerprint density at radius 2 is 0.656 bits per heavy atom. The summed E-state index contributed by atoms with van der Waals surface area (Å²) in [5.41, 5.74) is 0. The lowest BCUT2D eigenvalue weighted by Crippen LogP contribution is -2.26. The van der Waals surface area contributed by atoms with Crippen molar-refractivity contribution in [2.24, 2.45) is 59.2 Å². The van der Waals surface area contributed by atoms with Crippen LogP contribution in [0.5, 0.6) is 0 Å². The lowest BCUT2D eigenvalue weighted by molar-refractivity contribution is 0.139. The first-order valence-electron chi connectivity index (χ1n) is 15.3. The molecule has 0 aromatic rings. The molecule has 4 aliphatic carbocycles. The number of rotatable bonds is 4. The van der Waals surface area contributed by atoms with E-state index in [-0.39, 0.29) is 0 Å². The molecule has 4 aliphatic rings. The Kier molecular flexibility index (Phi) is 11.0. The molecule has 0 aliphatic heterocycles. The first kappa shape index (κ1) is 26.6. The average Bonchev–Trinajstić information content (AvgIpc) is 2.77. The molecule has 4 fully saturated rings. The lowest BCUT2D eigenvalue weighted by Gasteiger charge is -2.37. The van der Waals surface area contributed by atoms with Gasteiger partial charge in [-0.25, -0.2) is 0 Å². The van der Waals surface area contributed by atoms with Crippen LogP contribution in [-0.4, -0.2) is 0 Å². The predicted octanol–water partition coefficient (Wildman–Crippen LogP) is 10.6. The van der Waals surface area contributed by atoms with Crippen LogP contribution in [0.1, 0.15) is 144 Å². The first-order valence-corrected chi connectivity index (χ1v) is 15.3. The minimum atomic E-state index is 0.980. The zero-order valence-electron chi connectivity index (χ0n) is 23.1. The molecule has 0 heteroatoms. The van der Waals surface area contributed by atoms with E-state index in [1.54, 1.807) is 12.8 Å². The van der Waals surface area contributed by atoms with Crippen LogP contribution < -0.4 is 0 Å². The van der Waals surface area contributed by atoms with Crippen molar-refractivity contribution in [1.82, 2.24) is 0 Å². The highest BCUT2D eigenvalue weighted by Gasteiger charge is 2.30. The standard InChI is InChI=1S/C17H32.C15H28/c1-12-5-7-16(9-14(12)3)11-17-8-6-13(2)15(4)10-17;1-12-3-7-14(8-4-12)11-15-9-5-13(2)6-10-15/h12-17H,5-11H2,1-4H3;12-15H,3-11H2,1-2H3. The maximum atomic E-state index is 2.47. The van der Waals surface area contributed by atoms with Crippen molar-refractivity contribution in [2.75, 3.05) is 0 Å². The molecule has 0 bridgehead atoms. The normalized spacial score (nSPS) is 45.6. The summed E-state index contributed by atoms with van der Waals surface area (Å²) >= 11 is 0. The van der Waals surface area contributed by atoms with Crippen molar-refractivity contribution in [3.05, 3.63) is 0 Å². The highest BCUT2D eigenvalue weighted by atomic mass is 14.4. The van der Waals surface area contributed by atoms with E-state index < -0.39 is 0 Å². The van der Waals surface area contributed by atoms with Crippen LogP contribution in [0.15, 0.2) is 0 Å². The molecule has 0 aromatic carbocycles. The molecule has 6 atom stereocenters. The van der Waals surface area contributed by atoms with Crippen LogP contribution >= 0.6 is 0 Å². The molecule has 0 aromatic heterocycles. The molecular formula is C32H60. The Labute approximate surface area is 203 Å². The molecule has 0 radical (unpaired) electrons. The van der Waals surface area contributed by atoms with Gasteiger partial charge in [0.05, 0.1) is 0 Å². The van der Waals surface area contributed by atoms with Crippen LogP contribution in [0.3, 0.4) is 0 Å². The maximum absolute atomic E-state index is 2.47. The Morgan fingerprint density at radius 3 is 1.00 bits per heavy atom. The molecule has 0 saturated heterocycles. The molecule has 0 amide bonds. The molecule has 0 heterocycles. The number of hydrogen-bond acceptors (Lipinski definition) is 0. The first-order chi connectivity index (χ1) is 15.3. The van der Waals surface area contributed by atoms with Gasteiger partial charge in [0.2, 0.25) is 0 Å². The van der Waals surface area contributed by atoms with Gasteiger partial charge in [0.25, 0.3) is 0 Å². The van der Waals surface area contributed by atoms with Gasteiger partial charge in [0, 0.05) is 0 Å². The summed E-state index contributed by atoms with van der Waals surface area (Å²) in [4.78, 5) is 0. The predicted molar refractivity (Wildman–Crippen MR) is 143 cm³/mol. The highest BCUT2D eigenvalue weighted by molar-refractivity contribution is 4.81. The fourth-order valence-electron chi connectivity index (χ4n) is 7.82. The second-order valence-electron chi connectivity index (χ2n) is 14.0. The van der Waals surface area contributed by atoms with Crippen molar-refractivity contribution in [1.29, 1.82) is 0 Å². The smallest absolute Gasteiger partial charge is 0.0409 e. The zero-order chi connectivity index (χ0) is 23.1. The van der Waals surface area contributed by atoms with Gasteiger partial charge in [-0.15, -0.1) is 0 Å². The van der Waals surface area contributed by atoms with Gasteiger partial charge in [-0.2, -0.15) is 0 Å². The molecule has 0 N–H and O–H groups in total. The van der Waals surface area contributed by atoms with Crippen molar-refractivity contribution >= 4 is 0 Å². The van der Waals surface area contributed by atoms with Gasteiger partial charge in [0.15, 0.2) is 0 Å². The molecule has 0 spiro atoms. The minimum Gasteiger partial charge on any atom is -0.0625 e. The molecular weight excluding hydrogens is 384 g/mol. The molecule has 32 heavy (non-hydrogen) atoms. The Bertz CT molecular complexity index is 448. The SMILES string of the molecule is CC1CCC(CC2CCC(C)C(C)C2)CC1C.CC1CCC(CC2CCC(C)CC2)CC1. The van der Waals surface area contributed by atoms with Crippen LogP contribution in [0, 0.1) is 59.2 Å². The third-order valence-electron chi connectivity index (χ3n) is 11.0. The molecule has 6 unspecified atom stereocenters. The molecule has 188 valence electrons. The average molecular weight is 445 g/mol. The van der Waals surface area contributed by atoms with Crippen LogP contribution in [-0.2, 0) is 0 Å². The van der Waals surface area contributed by atoms with Crippen LogP contribution in [0.25, 0.3) is 0 Å². The summed E-state index contributed by atoms with van der Waals surface area (Å²) in [6.45, 7) is 14.7. The van der Waals surface area contributed by atoms with E-state index >= 15 is 0 Å². The van der Waals surface area contributed by atoms with Gasteiger partial charge >= 0.3 is 0 Å². The summed E-state index contributed by atoms with van der Waals surface area (Å²) in [7, 11) is 0. The minimum absolute atomic E-state index is 0.980. The van der Waals surface area contributed by atoms with E-state index in [4.69, 9.17) is 0 Å². The topological polar surface area (TPSA) is 0 Å². The van der Waals surface area contributed by atoms with Crippen molar-refractivity contribution in [2.45, 2.75) is 144 Å². The summed E-state index contributed by atoms with van der Waals surface area (Å²) in [5.74, 6) is 10.3. The van der Waals surface area contributed by atoms with E-state index in [1.807, 2.05) is 0 Å². The van der Waals surface area contributed by atoms with Gasteiger partial charge < -0.3 is 0 Å². The van der Waals surface area contributed by atoms with Crippen molar-refractivity contribution < 1.29 is 0 Å². The Hall–Kier alpha value is 0. The lowest BCUT2D eigenvalue weighted by atomic mass is 9.68.